The van der Waals surface area contributed by atoms with E-state index in [1.54, 1.807) is 3.58 Å². The number of aliphatic hydroxyl groups excluding tert-OH is 1. The molecule has 0 bridgehead atoms. The second-order valence-corrected chi connectivity index (χ2v) is 8.55. The van der Waals surface area contributed by atoms with Crippen molar-refractivity contribution >= 4 is 11.8 Å². The summed E-state index contributed by atoms with van der Waals surface area (Å²) in [7, 11) is 0. The molecule has 114 valence electrons. The van der Waals surface area contributed by atoms with Crippen molar-refractivity contribution < 1.29 is 31.4 Å². The van der Waals surface area contributed by atoms with Gasteiger partial charge in [-0.05, 0) is 0 Å². The number of thioether (sulfide) groups is 1. The summed E-state index contributed by atoms with van der Waals surface area (Å²) in [6.45, 7) is 4.29. The van der Waals surface area contributed by atoms with E-state index in [-0.39, 0.29) is 27.1 Å². The van der Waals surface area contributed by atoms with Crippen LogP contribution in [-0.2, 0) is 0 Å². The number of rotatable bonds is 8. The van der Waals surface area contributed by atoms with E-state index < -0.39 is 6.29 Å². The molecular weight excluding hydrogens is 373 g/mol. The summed E-state index contributed by atoms with van der Waals surface area (Å²) >= 11 is 2.08. The maximum atomic E-state index is 9.31. The van der Waals surface area contributed by atoms with Crippen molar-refractivity contribution in [2.45, 2.75) is 51.9 Å². The number of hydrogen-bond donors (Lipinski definition) is 3. The molecule has 1 unspecified atom stereocenters. The molecule has 0 aromatic rings. The van der Waals surface area contributed by atoms with Gasteiger partial charge in [0.1, 0.15) is 0 Å². The molecule has 0 spiro atoms. The van der Waals surface area contributed by atoms with Crippen LogP contribution in [0.1, 0.15) is 39.5 Å². The fraction of sp³-hybridized carbons (Fsp3) is 0.857. The molecule has 1 heterocycles. The summed E-state index contributed by atoms with van der Waals surface area (Å²) in [4.78, 5) is 2.33. The Morgan fingerprint density at radius 2 is 2.21 bits per heavy atom. The van der Waals surface area contributed by atoms with Gasteiger partial charge in [-0.3, -0.25) is 0 Å². The Labute approximate surface area is 131 Å². The summed E-state index contributed by atoms with van der Waals surface area (Å²) in [5.74, 6) is 1.94. The van der Waals surface area contributed by atoms with Crippen molar-refractivity contribution in [1.29, 1.82) is 0 Å². The molecule has 0 aromatic heterocycles. The number of nitrogens with one attached hydrogen (secondary N) is 1. The van der Waals surface area contributed by atoms with Crippen LogP contribution in [0, 0.1) is 5.92 Å². The Hall–Kier alpha value is 0.540. The van der Waals surface area contributed by atoms with E-state index >= 15 is 0 Å². The van der Waals surface area contributed by atoms with Crippen LogP contribution in [0.3, 0.4) is 0 Å². The second-order valence-electron chi connectivity index (χ2n) is 5.10. The standard InChI is InChI=1S/C14H27INO2S/c1-4-5-11(14(17)18)8-19-9-12-6-7-13(15-3)10(2)16-12/h11-12,14,16-18H,4-9H2,1-3H3/q-1/t11?,12-/m1/s1. The molecule has 0 amide bonds. The van der Waals surface area contributed by atoms with E-state index in [4.69, 9.17) is 0 Å². The molecule has 5 heteroatoms. The van der Waals surface area contributed by atoms with E-state index in [2.05, 4.69) is 24.1 Å². The molecule has 0 aromatic carbocycles. The van der Waals surface area contributed by atoms with Crippen molar-refractivity contribution in [2.75, 3.05) is 16.4 Å². The molecule has 1 aliphatic rings. The summed E-state index contributed by atoms with van der Waals surface area (Å²) in [6, 6.07) is 0.558. The first-order valence-electron chi connectivity index (χ1n) is 6.98. The first kappa shape index (κ1) is 17.6. The van der Waals surface area contributed by atoms with Crippen molar-refractivity contribution in [3.05, 3.63) is 9.28 Å². The predicted molar refractivity (Wildman–Crippen MR) is 78.7 cm³/mol. The van der Waals surface area contributed by atoms with Crippen molar-refractivity contribution in [3.63, 3.8) is 0 Å². The van der Waals surface area contributed by atoms with Gasteiger partial charge in [-0.15, -0.1) is 0 Å². The molecular formula is C14H27INO2S-. The van der Waals surface area contributed by atoms with E-state index in [0.29, 0.717) is 6.04 Å². The molecule has 0 fully saturated rings. The van der Waals surface area contributed by atoms with E-state index in [1.165, 1.54) is 18.5 Å². The van der Waals surface area contributed by atoms with Gasteiger partial charge in [0.15, 0.2) is 0 Å². The van der Waals surface area contributed by atoms with Gasteiger partial charge in [0, 0.05) is 0 Å². The molecule has 0 radical (unpaired) electrons. The van der Waals surface area contributed by atoms with Gasteiger partial charge in [0.25, 0.3) is 0 Å². The van der Waals surface area contributed by atoms with Crippen LogP contribution in [0.15, 0.2) is 9.28 Å². The molecule has 0 saturated heterocycles. The molecule has 1 rings (SSSR count). The Kier molecular flexibility index (Phi) is 8.77. The summed E-state index contributed by atoms with van der Waals surface area (Å²) in [5, 5.41) is 22.2. The summed E-state index contributed by atoms with van der Waals surface area (Å²) in [6.07, 6.45) is 3.23. The van der Waals surface area contributed by atoms with Crippen molar-refractivity contribution in [3.8, 4) is 0 Å². The SMILES string of the molecule is CCCC(CSC[C@H]1CCC([I-]C)=C(C)N1)C(O)O. The third kappa shape index (κ3) is 6.23. The molecule has 2 atom stereocenters. The minimum absolute atomic E-state index is 0.0206. The van der Waals surface area contributed by atoms with E-state index in [0.717, 1.165) is 24.3 Å². The van der Waals surface area contributed by atoms with Gasteiger partial charge in [0.2, 0.25) is 0 Å². The fourth-order valence-electron chi connectivity index (χ4n) is 2.36. The van der Waals surface area contributed by atoms with Crippen LogP contribution in [0.25, 0.3) is 0 Å². The van der Waals surface area contributed by atoms with Crippen LogP contribution >= 0.6 is 11.8 Å². The number of allylic oxidation sites excluding steroid dienone is 2. The number of aliphatic hydroxyl groups is 2. The van der Waals surface area contributed by atoms with Gasteiger partial charge in [-0.2, -0.15) is 0 Å². The first-order valence-corrected chi connectivity index (χ1v) is 11.4. The Morgan fingerprint density at radius 3 is 2.74 bits per heavy atom. The van der Waals surface area contributed by atoms with E-state index in [1.807, 2.05) is 11.8 Å². The monoisotopic (exact) mass is 400 g/mol. The zero-order valence-electron chi connectivity index (χ0n) is 12.2. The fourth-order valence-corrected chi connectivity index (χ4v) is 5.48. The minimum atomic E-state index is -1.16. The first-order chi connectivity index (χ1) is 9.08. The number of halogens is 1. The third-order valence-corrected chi connectivity index (χ3v) is 7.45. The number of alkyl halides is 1. The van der Waals surface area contributed by atoms with Gasteiger partial charge in [-0.1, -0.05) is 0 Å². The van der Waals surface area contributed by atoms with Crippen molar-refractivity contribution in [2.24, 2.45) is 5.92 Å². The van der Waals surface area contributed by atoms with Crippen LogP contribution in [-0.4, -0.2) is 39.0 Å². The zero-order chi connectivity index (χ0) is 14.3. The summed E-state index contributed by atoms with van der Waals surface area (Å²) < 4.78 is 1.66. The molecule has 1 aliphatic heterocycles. The van der Waals surface area contributed by atoms with Crippen LogP contribution < -0.4 is 26.5 Å². The Bertz CT molecular complexity index is 297. The van der Waals surface area contributed by atoms with Gasteiger partial charge < -0.3 is 0 Å². The van der Waals surface area contributed by atoms with Gasteiger partial charge in [0.05, 0.1) is 0 Å². The van der Waals surface area contributed by atoms with Crippen LogP contribution in [0.5, 0.6) is 0 Å². The molecule has 0 saturated carbocycles. The van der Waals surface area contributed by atoms with Crippen LogP contribution in [0.2, 0.25) is 0 Å². The average molecular weight is 400 g/mol. The molecule has 3 nitrogen and oxygen atoms in total. The van der Waals surface area contributed by atoms with E-state index in [9.17, 15) is 10.2 Å². The Balaban J connectivity index is 2.28. The Morgan fingerprint density at radius 1 is 1.47 bits per heavy atom. The topological polar surface area (TPSA) is 52.5 Å². The van der Waals surface area contributed by atoms with Crippen LogP contribution in [0.4, 0.5) is 0 Å². The van der Waals surface area contributed by atoms with Gasteiger partial charge >= 0.3 is 132 Å². The molecule has 3 N–H and O–H groups in total. The zero-order valence-corrected chi connectivity index (χ0v) is 15.1. The quantitative estimate of drug-likeness (QED) is 0.282. The van der Waals surface area contributed by atoms with Crippen molar-refractivity contribution in [1.82, 2.24) is 5.32 Å². The predicted octanol–water partition coefficient (Wildman–Crippen LogP) is -0.851. The maximum absolute atomic E-state index is 9.31. The number of hydrogen-bond acceptors (Lipinski definition) is 4. The normalized spacial score (nSPS) is 21.9. The molecule has 19 heavy (non-hydrogen) atoms. The molecule has 0 aliphatic carbocycles. The third-order valence-electron chi connectivity index (χ3n) is 3.50. The average Bonchev–Trinajstić information content (AvgIpc) is 2.37. The van der Waals surface area contributed by atoms with Gasteiger partial charge in [-0.25, -0.2) is 0 Å². The summed E-state index contributed by atoms with van der Waals surface area (Å²) in [5.41, 5.74) is 1.40. The second kappa shape index (κ2) is 9.47.